The maximum absolute atomic E-state index is 11.9. The molecule has 1 aromatic rings. The Balaban J connectivity index is 2.58. The van der Waals surface area contributed by atoms with E-state index in [1.807, 2.05) is 0 Å². The van der Waals surface area contributed by atoms with Crippen LogP contribution in [-0.4, -0.2) is 18.1 Å². The zero-order valence-corrected chi connectivity index (χ0v) is 9.73. The lowest BCUT2D eigenvalue weighted by molar-refractivity contribution is -0.122. The third-order valence-electron chi connectivity index (χ3n) is 2.66. The van der Waals surface area contributed by atoms with Gasteiger partial charge < -0.3 is 10.5 Å². The summed E-state index contributed by atoms with van der Waals surface area (Å²) >= 11 is 0. The molecule has 88 valence electrons. The van der Waals surface area contributed by atoms with Crippen LogP contribution < -0.4 is 15.4 Å². The van der Waals surface area contributed by atoms with Crippen molar-refractivity contribution in [2.24, 2.45) is 0 Å². The molecule has 0 aromatic heterocycles. The second-order valence-corrected chi connectivity index (χ2v) is 4.42. The number of benzene rings is 1. The Hall–Kier alpha value is -2.22. The first kappa shape index (κ1) is 11.3. The van der Waals surface area contributed by atoms with Crippen molar-refractivity contribution in [1.82, 2.24) is 0 Å². The number of hydrogen-bond donors (Lipinski definition) is 1. The van der Waals surface area contributed by atoms with Crippen LogP contribution in [0.25, 0.3) is 0 Å². The van der Waals surface area contributed by atoms with E-state index < -0.39 is 5.54 Å². The molecule has 1 heterocycles. The highest BCUT2D eigenvalue weighted by Gasteiger charge is 2.37. The molecule has 0 aliphatic carbocycles. The predicted molar refractivity (Wildman–Crippen MR) is 63.5 cm³/mol. The Bertz CT molecular complexity index is 517. The van der Waals surface area contributed by atoms with Gasteiger partial charge >= 0.3 is 0 Å². The van der Waals surface area contributed by atoms with Gasteiger partial charge in [0.15, 0.2) is 6.61 Å². The third kappa shape index (κ3) is 1.78. The van der Waals surface area contributed by atoms with Crippen LogP contribution in [0.5, 0.6) is 5.75 Å². The number of ether oxygens (including phenoxy) is 1. The lowest BCUT2D eigenvalue weighted by Gasteiger charge is -2.37. The van der Waals surface area contributed by atoms with E-state index in [1.54, 1.807) is 32.0 Å². The molecule has 0 bridgehead atoms. The normalized spacial score (nSPS) is 14.9. The first-order valence-electron chi connectivity index (χ1n) is 5.22. The highest BCUT2D eigenvalue weighted by atomic mass is 16.5. The SMILES string of the molecule is CC(C)(C#N)N1C(=O)COc2ccc(N)cc21. The Kier molecular flexibility index (Phi) is 2.43. The molecule has 0 saturated heterocycles. The predicted octanol–water partition coefficient (Wildman–Crippen LogP) is 1.30. The zero-order chi connectivity index (χ0) is 12.6. The van der Waals surface area contributed by atoms with Crippen molar-refractivity contribution in [1.29, 1.82) is 5.26 Å². The minimum atomic E-state index is -0.927. The monoisotopic (exact) mass is 231 g/mol. The molecule has 1 aliphatic rings. The molecule has 0 radical (unpaired) electrons. The minimum Gasteiger partial charge on any atom is -0.482 e. The van der Waals surface area contributed by atoms with Gasteiger partial charge in [0.2, 0.25) is 0 Å². The molecule has 1 amide bonds. The first-order valence-corrected chi connectivity index (χ1v) is 5.22. The molecule has 0 saturated carbocycles. The van der Waals surface area contributed by atoms with Gasteiger partial charge in [-0.3, -0.25) is 9.69 Å². The summed E-state index contributed by atoms with van der Waals surface area (Å²) in [6.45, 7) is 3.31. The summed E-state index contributed by atoms with van der Waals surface area (Å²) in [6.07, 6.45) is 0. The maximum Gasteiger partial charge on any atom is 0.266 e. The number of nitrogen functional groups attached to an aromatic ring is 1. The van der Waals surface area contributed by atoms with Crippen molar-refractivity contribution >= 4 is 17.3 Å². The van der Waals surface area contributed by atoms with Crippen molar-refractivity contribution in [3.05, 3.63) is 18.2 Å². The Labute approximate surface area is 99.4 Å². The van der Waals surface area contributed by atoms with Crippen molar-refractivity contribution < 1.29 is 9.53 Å². The van der Waals surface area contributed by atoms with Crippen LogP contribution in [0.1, 0.15) is 13.8 Å². The van der Waals surface area contributed by atoms with E-state index in [2.05, 4.69) is 6.07 Å². The summed E-state index contributed by atoms with van der Waals surface area (Å²) in [5.41, 5.74) is 5.85. The minimum absolute atomic E-state index is 0.0535. The van der Waals surface area contributed by atoms with Crippen LogP contribution >= 0.6 is 0 Å². The number of amides is 1. The summed E-state index contributed by atoms with van der Waals surface area (Å²) in [7, 11) is 0. The van der Waals surface area contributed by atoms with E-state index in [0.29, 0.717) is 17.1 Å². The fourth-order valence-corrected chi connectivity index (χ4v) is 1.83. The lowest BCUT2D eigenvalue weighted by atomic mass is 10.0. The Morgan fingerprint density at radius 2 is 2.24 bits per heavy atom. The third-order valence-corrected chi connectivity index (χ3v) is 2.66. The van der Waals surface area contributed by atoms with Gasteiger partial charge in [-0.1, -0.05) is 0 Å². The molecule has 2 rings (SSSR count). The summed E-state index contributed by atoms with van der Waals surface area (Å²) in [6, 6.07) is 7.16. The summed E-state index contributed by atoms with van der Waals surface area (Å²) in [5, 5.41) is 9.14. The number of carbonyl (C=O) groups is 1. The fraction of sp³-hybridized carbons (Fsp3) is 0.333. The number of anilines is 2. The molecule has 0 fully saturated rings. The van der Waals surface area contributed by atoms with Crippen molar-refractivity contribution in [2.45, 2.75) is 19.4 Å². The van der Waals surface area contributed by atoms with Gasteiger partial charge in [-0.25, -0.2) is 0 Å². The number of nitrogens with two attached hydrogens (primary N) is 1. The molecule has 5 heteroatoms. The van der Waals surface area contributed by atoms with E-state index in [9.17, 15) is 4.79 Å². The average Bonchev–Trinajstić information content (AvgIpc) is 2.28. The molecule has 1 aromatic carbocycles. The largest absolute Gasteiger partial charge is 0.482 e. The molecule has 1 aliphatic heterocycles. The second kappa shape index (κ2) is 3.67. The number of nitriles is 1. The van der Waals surface area contributed by atoms with Gasteiger partial charge in [-0.05, 0) is 32.0 Å². The summed E-state index contributed by atoms with van der Waals surface area (Å²) in [4.78, 5) is 13.3. The van der Waals surface area contributed by atoms with Gasteiger partial charge in [0.25, 0.3) is 5.91 Å². The van der Waals surface area contributed by atoms with Gasteiger partial charge in [-0.15, -0.1) is 0 Å². The number of fused-ring (bicyclic) bond motifs is 1. The first-order chi connectivity index (χ1) is 7.95. The number of hydrogen-bond acceptors (Lipinski definition) is 4. The summed E-state index contributed by atoms with van der Waals surface area (Å²) in [5.74, 6) is 0.330. The zero-order valence-electron chi connectivity index (χ0n) is 9.73. The van der Waals surface area contributed by atoms with Crippen molar-refractivity contribution in [2.75, 3.05) is 17.2 Å². The molecule has 0 unspecified atom stereocenters. The quantitative estimate of drug-likeness (QED) is 0.739. The lowest BCUT2D eigenvalue weighted by Crippen LogP contribution is -2.51. The molecular weight excluding hydrogens is 218 g/mol. The highest BCUT2D eigenvalue weighted by molar-refractivity contribution is 6.00. The molecule has 0 atom stereocenters. The van der Waals surface area contributed by atoms with Gasteiger partial charge in [-0.2, -0.15) is 5.26 Å². The van der Waals surface area contributed by atoms with Gasteiger partial charge in [0.1, 0.15) is 11.3 Å². The standard InChI is InChI=1S/C12H13N3O2/c1-12(2,7-13)15-9-5-8(14)3-4-10(9)17-6-11(15)16/h3-5H,6,14H2,1-2H3. The van der Waals surface area contributed by atoms with Crippen LogP contribution in [0.3, 0.4) is 0 Å². The van der Waals surface area contributed by atoms with Crippen LogP contribution in [0.4, 0.5) is 11.4 Å². The highest BCUT2D eigenvalue weighted by Crippen LogP contribution is 2.37. The Morgan fingerprint density at radius 3 is 2.88 bits per heavy atom. The number of carbonyl (C=O) groups excluding carboxylic acids is 1. The fourth-order valence-electron chi connectivity index (χ4n) is 1.83. The number of nitrogens with zero attached hydrogens (tertiary/aromatic N) is 2. The number of rotatable bonds is 1. The second-order valence-electron chi connectivity index (χ2n) is 4.42. The molecule has 5 nitrogen and oxygen atoms in total. The van der Waals surface area contributed by atoms with Crippen LogP contribution in [-0.2, 0) is 4.79 Å². The van der Waals surface area contributed by atoms with Crippen LogP contribution in [0.2, 0.25) is 0 Å². The molecule has 17 heavy (non-hydrogen) atoms. The van der Waals surface area contributed by atoms with E-state index in [1.165, 1.54) is 4.90 Å². The van der Waals surface area contributed by atoms with Crippen LogP contribution in [0, 0.1) is 11.3 Å². The van der Waals surface area contributed by atoms with Crippen LogP contribution in [0.15, 0.2) is 18.2 Å². The smallest absolute Gasteiger partial charge is 0.266 e. The average molecular weight is 231 g/mol. The van der Waals surface area contributed by atoms with Crippen molar-refractivity contribution in [3.63, 3.8) is 0 Å². The molecule has 0 spiro atoms. The Morgan fingerprint density at radius 1 is 1.53 bits per heavy atom. The molecular formula is C12H13N3O2. The van der Waals surface area contributed by atoms with Crippen molar-refractivity contribution in [3.8, 4) is 11.8 Å². The van der Waals surface area contributed by atoms with Gasteiger partial charge in [0.05, 0.1) is 11.8 Å². The molecule has 2 N–H and O–H groups in total. The summed E-state index contributed by atoms with van der Waals surface area (Å²) < 4.78 is 5.30. The van der Waals surface area contributed by atoms with E-state index in [4.69, 9.17) is 15.7 Å². The van der Waals surface area contributed by atoms with E-state index >= 15 is 0 Å². The topological polar surface area (TPSA) is 79.3 Å². The maximum atomic E-state index is 11.9. The van der Waals surface area contributed by atoms with Gasteiger partial charge in [0, 0.05) is 5.69 Å². The van der Waals surface area contributed by atoms with E-state index in [0.717, 1.165) is 0 Å². The van der Waals surface area contributed by atoms with E-state index in [-0.39, 0.29) is 12.5 Å².